The van der Waals surface area contributed by atoms with E-state index in [1.165, 1.54) is 11.1 Å². The van der Waals surface area contributed by atoms with Gasteiger partial charge in [0.2, 0.25) is 0 Å². The lowest BCUT2D eigenvalue weighted by atomic mass is 10.1. The zero-order valence-electron chi connectivity index (χ0n) is 14.8. The zero-order chi connectivity index (χ0) is 17.5. The summed E-state index contributed by atoms with van der Waals surface area (Å²) in [5.74, 6) is 0.897. The summed E-state index contributed by atoms with van der Waals surface area (Å²) >= 11 is 3.65. The number of hydrogen-bond donors (Lipinski definition) is 0. The maximum Gasteiger partial charge on any atom is 0.134 e. The lowest BCUT2D eigenvalue weighted by molar-refractivity contribution is 0.0415. The molecule has 4 heteroatoms. The molecule has 2 aromatic rings. The van der Waals surface area contributed by atoms with Crippen molar-refractivity contribution in [3.63, 3.8) is 0 Å². The molecule has 1 saturated heterocycles. The van der Waals surface area contributed by atoms with Gasteiger partial charge in [-0.2, -0.15) is 0 Å². The third kappa shape index (κ3) is 5.56. The van der Waals surface area contributed by atoms with E-state index >= 15 is 0 Å². The fourth-order valence-electron chi connectivity index (χ4n) is 3.21. The topological polar surface area (TPSA) is 21.7 Å². The van der Waals surface area contributed by atoms with E-state index in [1.54, 1.807) is 0 Å². The molecule has 0 saturated carbocycles. The minimum absolute atomic E-state index is 0.450. The summed E-state index contributed by atoms with van der Waals surface area (Å²) < 4.78 is 12.4. The quantitative estimate of drug-likeness (QED) is 0.669. The third-order valence-corrected chi connectivity index (χ3v) is 5.44. The normalized spacial score (nSPS) is 16.1. The molecule has 0 aromatic heterocycles. The molecule has 134 valence electrons. The molecular weight excluding hydrogens is 378 g/mol. The number of benzene rings is 2. The van der Waals surface area contributed by atoms with E-state index in [9.17, 15) is 0 Å². The lowest BCUT2D eigenvalue weighted by Gasteiger charge is -2.31. The van der Waals surface area contributed by atoms with Crippen LogP contribution in [0, 0.1) is 0 Å². The summed E-state index contributed by atoms with van der Waals surface area (Å²) in [6.07, 6.45) is 3.81. The van der Waals surface area contributed by atoms with Crippen LogP contribution in [-0.2, 0) is 17.8 Å². The van der Waals surface area contributed by atoms with E-state index in [1.807, 2.05) is 25.3 Å². The molecule has 0 spiro atoms. The number of methoxy groups -OCH3 is 1. The molecule has 1 aliphatic rings. The molecule has 0 unspecified atom stereocenters. The average Bonchev–Trinajstić information content (AvgIpc) is 2.67. The van der Waals surface area contributed by atoms with Crippen LogP contribution in [0.5, 0.6) is 5.75 Å². The van der Waals surface area contributed by atoms with Crippen molar-refractivity contribution in [1.29, 1.82) is 0 Å². The van der Waals surface area contributed by atoms with Gasteiger partial charge in [0.15, 0.2) is 0 Å². The summed E-state index contributed by atoms with van der Waals surface area (Å²) in [6.45, 7) is 3.97. The van der Waals surface area contributed by atoms with E-state index in [0.29, 0.717) is 12.7 Å². The van der Waals surface area contributed by atoms with Crippen molar-refractivity contribution in [3.05, 3.63) is 64.1 Å². The van der Waals surface area contributed by atoms with Crippen molar-refractivity contribution in [1.82, 2.24) is 4.90 Å². The molecule has 0 radical (unpaired) electrons. The number of likely N-dealkylation sites (tertiary alicyclic amines) is 1. The molecule has 25 heavy (non-hydrogen) atoms. The van der Waals surface area contributed by atoms with Crippen LogP contribution in [0.15, 0.2) is 53.0 Å². The van der Waals surface area contributed by atoms with E-state index in [-0.39, 0.29) is 0 Å². The summed E-state index contributed by atoms with van der Waals surface area (Å²) in [5.41, 5.74) is 2.52. The summed E-state index contributed by atoms with van der Waals surface area (Å²) in [6, 6.07) is 16.7. The van der Waals surface area contributed by atoms with Gasteiger partial charge in [0.25, 0.3) is 0 Å². The Morgan fingerprint density at radius 2 is 1.80 bits per heavy atom. The van der Waals surface area contributed by atoms with Gasteiger partial charge in [-0.1, -0.05) is 36.4 Å². The molecule has 0 bridgehead atoms. The number of ether oxygens (including phenoxy) is 2. The van der Waals surface area contributed by atoms with Crippen LogP contribution in [0.4, 0.5) is 0 Å². The largest absolute Gasteiger partial charge is 0.488 e. The molecule has 0 aliphatic carbocycles. The molecule has 0 atom stereocenters. The van der Waals surface area contributed by atoms with Crippen molar-refractivity contribution in [3.8, 4) is 5.75 Å². The second-order valence-electron chi connectivity index (χ2n) is 6.57. The number of hydrogen-bond acceptors (Lipinski definition) is 3. The van der Waals surface area contributed by atoms with E-state index in [2.05, 4.69) is 51.2 Å². The smallest absolute Gasteiger partial charge is 0.134 e. The summed E-state index contributed by atoms with van der Waals surface area (Å²) in [4.78, 5) is 2.53. The van der Waals surface area contributed by atoms with Crippen LogP contribution >= 0.6 is 15.9 Å². The monoisotopic (exact) mass is 403 g/mol. The van der Waals surface area contributed by atoms with Gasteiger partial charge in [0.05, 0.1) is 10.6 Å². The van der Waals surface area contributed by atoms with Crippen molar-refractivity contribution < 1.29 is 9.47 Å². The SMILES string of the molecule is COC1CCN(CCc2ccc(OCc3ccccc3)c(Br)c2)CC1. The first-order valence-electron chi connectivity index (χ1n) is 8.95. The molecule has 0 N–H and O–H groups in total. The van der Waals surface area contributed by atoms with E-state index in [4.69, 9.17) is 9.47 Å². The first-order valence-corrected chi connectivity index (χ1v) is 9.74. The predicted molar refractivity (Wildman–Crippen MR) is 105 cm³/mol. The van der Waals surface area contributed by atoms with Gasteiger partial charge in [-0.3, -0.25) is 0 Å². The van der Waals surface area contributed by atoms with Crippen LogP contribution in [0.3, 0.4) is 0 Å². The zero-order valence-corrected chi connectivity index (χ0v) is 16.4. The fourth-order valence-corrected chi connectivity index (χ4v) is 3.75. The van der Waals surface area contributed by atoms with Crippen LogP contribution < -0.4 is 4.74 Å². The standard InChI is InChI=1S/C21H26BrNO2/c1-24-19-10-13-23(14-11-19)12-9-17-7-8-21(20(22)15-17)25-16-18-5-3-2-4-6-18/h2-8,15,19H,9-14,16H2,1H3. The number of nitrogens with zero attached hydrogens (tertiary/aromatic N) is 1. The number of rotatable bonds is 7. The van der Waals surface area contributed by atoms with E-state index < -0.39 is 0 Å². The Labute approximate surface area is 159 Å². The summed E-state index contributed by atoms with van der Waals surface area (Å²) in [5, 5.41) is 0. The Morgan fingerprint density at radius 3 is 2.48 bits per heavy atom. The van der Waals surface area contributed by atoms with Gasteiger partial charge >= 0.3 is 0 Å². The molecular formula is C21H26BrNO2. The van der Waals surface area contributed by atoms with Gasteiger partial charge in [0.1, 0.15) is 12.4 Å². The maximum atomic E-state index is 5.93. The van der Waals surface area contributed by atoms with Crippen molar-refractivity contribution in [2.24, 2.45) is 0 Å². The minimum Gasteiger partial charge on any atom is -0.488 e. The second kappa shape index (κ2) is 9.37. The highest BCUT2D eigenvalue weighted by atomic mass is 79.9. The molecule has 3 nitrogen and oxygen atoms in total. The molecule has 1 fully saturated rings. The molecule has 3 rings (SSSR count). The predicted octanol–water partition coefficient (Wildman–Crippen LogP) is 4.68. The Hall–Kier alpha value is -1.36. The highest BCUT2D eigenvalue weighted by molar-refractivity contribution is 9.10. The average molecular weight is 404 g/mol. The van der Waals surface area contributed by atoms with Crippen molar-refractivity contribution in [2.45, 2.75) is 32.0 Å². The van der Waals surface area contributed by atoms with Crippen LogP contribution in [0.2, 0.25) is 0 Å². The Kier molecular flexibility index (Phi) is 6.91. The van der Waals surface area contributed by atoms with Gasteiger partial charge in [-0.15, -0.1) is 0 Å². The van der Waals surface area contributed by atoms with E-state index in [0.717, 1.165) is 49.1 Å². The number of halogens is 1. The first-order chi connectivity index (χ1) is 12.2. The number of piperidine rings is 1. The fraction of sp³-hybridized carbons (Fsp3) is 0.429. The summed E-state index contributed by atoms with van der Waals surface area (Å²) in [7, 11) is 1.82. The Morgan fingerprint density at radius 1 is 1.04 bits per heavy atom. The van der Waals surface area contributed by atoms with Gasteiger partial charge in [-0.25, -0.2) is 0 Å². The molecule has 2 aromatic carbocycles. The molecule has 1 heterocycles. The van der Waals surface area contributed by atoms with Crippen molar-refractivity contribution in [2.75, 3.05) is 26.7 Å². The maximum absolute atomic E-state index is 5.93. The van der Waals surface area contributed by atoms with Gasteiger partial charge < -0.3 is 14.4 Å². The van der Waals surface area contributed by atoms with Crippen LogP contribution in [0.1, 0.15) is 24.0 Å². The second-order valence-corrected chi connectivity index (χ2v) is 7.42. The molecule has 0 amide bonds. The highest BCUT2D eigenvalue weighted by Crippen LogP contribution is 2.27. The van der Waals surface area contributed by atoms with Crippen molar-refractivity contribution >= 4 is 15.9 Å². The lowest BCUT2D eigenvalue weighted by Crippen LogP contribution is -2.37. The van der Waals surface area contributed by atoms with Gasteiger partial charge in [-0.05, 0) is 58.5 Å². The van der Waals surface area contributed by atoms with Crippen LogP contribution in [0.25, 0.3) is 0 Å². The first kappa shape index (κ1) is 18.4. The Bertz CT molecular complexity index is 654. The highest BCUT2D eigenvalue weighted by Gasteiger charge is 2.18. The van der Waals surface area contributed by atoms with Gasteiger partial charge in [0, 0.05) is 26.7 Å². The van der Waals surface area contributed by atoms with Crippen LogP contribution in [-0.4, -0.2) is 37.7 Å². The Balaban J connectivity index is 1.48. The third-order valence-electron chi connectivity index (χ3n) is 4.82. The minimum atomic E-state index is 0.450. The molecule has 1 aliphatic heterocycles.